The Bertz CT molecular complexity index is 1080. The number of aromatic nitrogens is 4. The molecule has 0 radical (unpaired) electrons. The summed E-state index contributed by atoms with van der Waals surface area (Å²) in [5.41, 5.74) is 5.44. The molecule has 1 aliphatic carbocycles. The molecule has 0 spiro atoms. The van der Waals surface area contributed by atoms with Gasteiger partial charge in [-0.1, -0.05) is 24.3 Å². The second kappa shape index (κ2) is 10.1. The van der Waals surface area contributed by atoms with E-state index in [-0.39, 0.29) is 25.4 Å². The predicted octanol–water partition coefficient (Wildman–Crippen LogP) is -1.52. The van der Waals surface area contributed by atoms with Crippen LogP contribution in [0.1, 0.15) is 35.6 Å². The summed E-state index contributed by atoms with van der Waals surface area (Å²) in [7, 11) is 2.12. The zero-order chi connectivity index (χ0) is 22.1. The fourth-order valence-corrected chi connectivity index (χ4v) is 4.84. The van der Waals surface area contributed by atoms with Gasteiger partial charge in [-0.3, -0.25) is 4.68 Å². The molecule has 1 fully saturated rings. The molecule has 33 heavy (non-hydrogen) atoms. The normalized spacial score (nSPS) is 16.9. The van der Waals surface area contributed by atoms with E-state index in [4.69, 9.17) is 0 Å². The summed E-state index contributed by atoms with van der Waals surface area (Å²) in [6.07, 6.45) is 9.31. The van der Waals surface area contributed by atoms with Crippen LogP contribution in [0.5, 0.6) is 0 Å². The topological polar surface area (TPSA) is 99.0 Å². The SMILES string of the molecule is CN1CCC(c2nn(CC(=O)[O-])cc2-c2cnc(NC3Cc4ccccc4C3)nc2)CC1.[Li+]. The molecule has 166 valence electrons. The first-order valence-electron chi connectivity index (χ1n) is 11.2. The third kappa shape index (κ3) is 5.30. The number of piperidine rings is 1. The number of benzene rings is 1. The van der Waals surface area contributed by atoms with Crippen LogP contribution < -0.4 is 29.3 Å². The smallest absolute Gasteiger partial charge is 0.548 e. The molecule has 9 heteroatoms. The van der Waals surface area contributed by atoms with E-state index in [0.29, 0.717) is 17.9 Å². The molecule has 0 bridgehead atoms. The minimum absolute atomic E-state index is 0. The van der Waals surface area contributed by atoms with E-state index in [1.54, 1.807) is 18.6 Å². The van der Waals surface area contributed by atoms with Crippen molar-refractivity contribution in [1.82, 2.24) is 24.6 Å². The first-order valence-corrected chi connectivity index (χ1v) is 11.2. The summed E-state index contributed by atoms with van der Waals surface area (Å²) in [6, 6.07) is 8.80. The van der Waals surface area contributed by atoms with Crippen LogP contribution in [0.2, 0.25) is 0 Å². The molecular formula is C24H27LiN6O2. The summed E-state index contributed by atoms with van der Waals surface area (Å²) < 4.78 is 1.46. The van der Waals surface area contributed by atoms with Gasteiger partial charge in [-0.15, -0.1) is 0 Å². The van der Waals surface area contributed by atoms with Crippen LogP contribution >= 0.6 is 0 Å². The van der Waals surface area contributed by atoms with E-state index in [2.05, 4.69) is 56.6 Å². The number of fused-ring (bicyclic) bond motifs is 1. The number of carboxylic acids is 1. The first kappa shape index (κ1) is 23.5. The second-order valence-corrected chi connectivity index (χ2v) is 8.89. The molecule has 2 aliphatic rings. The van der Waals surface area contributed by atoms with E-state index in [1.807, 2.05) is 0 Å². The molecule has 3 heterocycles. The van der Waals surface area contributed by atoms with Crippen LogP contribution in [0, 0.1) is 0 Å². The molecule has 0 amide bonds. The molecular weight excluding hydrogens is 411 g/mol. The van der Waals surface area contributed by atoms with Crippen molar-refractivity contribution in [3.05, 3.63) is 59.7 Å². The van der Waals surface area contributed by atoms with Crippen molar-refractivity contribution in [3.63, 3.8) is 0 Å². The number of rotatable bonds is 6. The van der Waals surface area contributed by atoms with E-state index in [1.165, 1.54) is 15.8 Å². The Hall–Kier alpha value is -2.66. The first-order chi connectivity index (χ1) is 15.5. The fraction of sp³-hybridized carbons (Fsp3) is 0.417. The average molecular weight is 438 g/mol. The number of nitrogens with one attached hydrogen (secondary N) is 1. The maximum absolute atomic E-state index is 11.1. The van der Waals surface area contributed by atoms with Crippen molar-refractivity contribution in [2.24, 2.45) is 0 Å². The zero-order valence-corrected chi connectivity index (χ0v) is 19.2. The molecule has 0 unspecified atom stereocenters. The van der Waals surface area contributed by atoms with Gasteiger partial charge in [-0.25, -0.2) is 9.97 Å². The number of carbonyl (C=O) groups excluding carboxylic acids is 1. The van der Waals surface area contributed by atoms with Gasteiger partial charge < -0.3 is 20.1 Å². The monoisotopic (exact) mass is 438 g/mol. The number of anilines is 1. The number of hydrogen-bond donors (Lipinski definition) is 1. The van der Waals surface area contributed by atoms with Crippen molar-refractivity contribution in [1.29, 1.82) is 0 Å². The number of hydrogen-bond acceptors (Lipinski definition) is 7. The molecule has 5 rings (SSSR count). The van der Waals surface area contributed by atoms with Crippen LogP contribution in [0.15, 0.2) is 42.9 Å². The number of aliphatic carboxylic acids is 1. The minimum Gasteiger partial charge on any atom is -0.548 e. The molecule has 3 aromatic rings. The Kier molecular flexibility index (Phi) is 7.18. The van der Waals surface area contributed by atoms with Gasteiger partial charge in [-0.05, 0) is 56.9 Å². The predicted molar refractivity (Wildman–Crippen MR) is 119 cm³/mol. The minimum atomic E-state index is -1.15. The molecule has 8 nitrogen and oxygen atoms in total. The average Bonchev–Trinajstić information content (AvgIpc) is 3.38. The largest absolute Gasteiger partial charge is 1.00 e. The quantitative estimate of drug-likeness (QED) is 0.467. The van der Waals surface area contributed by atoms with E-state index in [0.717, 1.165) is 55.6 Å². The molecule has 1 N–H and O–H groups in total. The van der Waals surface area contributed by atoms with Gasteiger partial charge in [0.1, 0.15) is 0 Å². The van der Waals surface area contributed by atoms with Crippen LogP contribution in [0.25, 0.3) is 11.1 Å². The molecule has 2 aromatic heterocycles. The maximum Gasteiger partial charge on any atom is 1.00 e. The van der Waals surface area contributed by atoms with Crippen molar-refractivity contribution >= 4 is 11.9 Å². The van der Waals surface area contributed by atoms with Crippen molar-refractivity contribution in [2.45, 2.75) is 44.2 Å². The maximum atomic E-state index is 11.1. The Labute approximate surface area is 205 Å². The Morgan fingerprint density at radius 1 is 1.12 bits per heavy atom. The molecule has 1 aromatic carbocycles. The van der Waals surface area contributed by atoms with Crippen molar-refractivity contribution < 1.29 is 28.8 Å². The van der Waals surface area contributed by atoms with Gasteiger partial charge in [0.15, 0.2) is 0 Å². The summed E-state index contributed by atoms with van der Waals surface area (Å²) in [5.74, 6) is -0.254. The third-order valence-corrected chi connectivity index (χ3v) is 6.53. The number of likely N-dealkylation sites (tertiary alicyclic amines) is 1. The van der Waals surface area contributed by atoms with E-state index >= 15 is 0 Å². The molecule has 1 aliphatic heterocycles. The Balaban J connectivity index is 0.00000259. The third-order valence-electron chi connectivity index (χ3n) is 6.53. The van der Waals surface area contributed by atoms with E-state index in [9.17, 15) is 9.90 Å². The number of nitrogens with zero attached hydrogens (tertiary/aromatic N) is 5. The van der Waals surface area contributed by atoms with E-state index < -0.39 is 5.97 Å². The van der Waals surface area contributed by atoms with Gasteiger partial charge in [-0.2, -0.15) is 5.10 Å². The van der Waals surface area contributed by atoms with Crippen molar-refractivity contribution in [3.8, 4) is 11.1 Å². The van der Waals surface area contributed by atoms with Gasteiger partial charge in [0.25, 0.3) is 0 Å². The second-order valence-electron chi connectivity index (χ2n) is 8.89. The van der Waals surface area contributed by atoms with Crippen LogP contribution in [0.4, 0.5) is 5.95 Å². The number of carbonyl (C=O) groups is 1. The van der Waals surface area contributed by atoms with Gasteiger partial charge in [0.05, 0.1) is 18.2 Å². The number of carboxylic acid groups (broad SMARTS) is 1. The zero-order valence-electron chi connectivity index (χ0n) is 19.2. The van der Waals surface area contributed by atoms with Gasteiger partial charge >= 0.3 is 18.9 Å². The van der Waals surface area contributed by atoms with Crippen LogP contribution in [0.3, 0.4) is 0 Å². The van der Waals surface area contributed by atoms with Crippen LogP contribution in [-0.2, 0) is 24.2 Å². The van der Waals surface area contributed by atoms with Gasteiger partial charge in [0.2, 0.25) is 5.95 Å². The fourth-order valence-electron chi connectivity index (χ4n) is 4.84. The Morgan fingerprint density at radius 3 is 2.36 bits per heavy atom. The molecule has 0 atom stereocenters. The summed E-state index contributed by atoms with van der Waals surface area (Å²) >= 11 is 0. The Morgan fingerprint density at radius 2 is 1.76 bits per heavy atom. The molecule has 1 saturated heterocycles. The summed E-state index contributed by atoms with van der Waals surface area (Å²) in [5, 5.41) is 19.2. The van der Waals surface area contributed by atoms with Crippen molar-refractivity contribution in [2.75, 3.05) is 25.5 Å². The summed E-state index contributed by atoms with van der Waals surface area (Å²) in [6.45, 7) is 1.74. The standard InChI is InChI=1S/C24H28N6O2.Li/c1-29-8-6-16(7-9-29)23-21(14-30(28-23)15-22(31)32)19-12-25-24(26-13-19)27-20-10-17-4-2-3-5-18(17)11-20;/h2-5,12-14,16,20H,6-11,15H2,1H3,(H,31,32)(H,25,26,27);/q;+1/p-1. The molecule has 0 saturated carbocycles. The van der Waals surface area contributed by atoms with Crippen LogP contribution in [-0.4, -0.2) is 56.8 Å². The summed E-state index contributed by atoms with van der Waals surface area (Å²) in [4.78, 5) is 22.5. The van der Waals surface area contributed by atoms with Gasteiger partial charge in [0, 0.05) is 41.7 Å².